The number of nitro groups is 1. The molecule has 1 heterocycles. The first kappa shape index (κ1) is 15.6. The Morgan fingerprint density at radius 2 is 2.12 bits per heavy atom. The first-order valence-electron chi connectivity index (χ1n) is 8.02. The maximum Gasteiger partial charge on any atom is 0.269 e. The molecule has 0 spiro atoms. The predicted molar refractivity (Wildman–Crippen MR) is 103 cm³/mol. The molecular formula is C19H17IN2O2. The summed E-state index contributed by atoms with van der Waals surface area (Å²) in [6.45, 7) is 2.12. The average molecular weight is 432 g/mol. The topological polar surface area (TPSA) is 55.2 Å². The molecule has 0 amide bonds. The van der Waals surface area contributed by atoms with Gasteiger partial charge in [0.2, 0.25) is 0 Å². The number of hydrogen-bond acceptors (Lipinski definition) is 3. The van der Waals surface area contributed by atoms with Gasteiger partial charge in [-0.15, -0.1) is 0 Å². The van der Waals surface area contributed by atoms with Gasteiger partial charge in [0.15, 0.2) is 0 Å². The monoisotopic (exact) mass is 432 g/mol. The molecule has 0 saturated carbocycles. The quantitative estimate of drug-likeness (QED) is 0.302. The lowest BCUT2D eigenvalue weighted by atomic mass is 9.76. The van der Waals surface area contributed by atoms with Crippen molar-refractivity contribution < 1.29 is 4.92 Å². The van der Waals surface area contributed by atoms with E-state index in [1.807, 2.05) is 6.07 Å². The lowest BCUT2D eigenvalue weighted by molar-refractivity contribution is -0.384. The van der Waals surface area contributed by atoms with Gasteiger partial charge >= 0.3 is 0 Å². The zero-order valence-corrected chi connectivity index (χ0v) is 15.4. The van der Waals surface area contributed by atoms with Crippen LogP contribution < -0.4 is 5.32 Å². The van der Waals surface area contributed by atoms with Crippen molar-refractivity contribution in [2.24, 2.45) is 5.92 Å². The molecular weight excluding hydrogens is 415 g/mol. The van der Waals surface area contributed by atoms with Crippen molar-refractivity contribution in [2.45, 2.75) is 25.3 Å². The molecule has 0 fully saturated rings. The van der Waals surface area contributed by atoms with Gasteiger partial charge in [0.1, 0.15) is 0 Å². The maximum absolute atomic E-state index is 11.1. The van der Waals surface area contributed by atoms with E-state index >= 15 is 0 Å². The molecule has 122 valence electrons. The minimum Gasteiger partial charge on any atom is -0.377 e. The third-order valence-corrected chi connectivity index (χ3v) is 5.69. The highest BCUT2D eigenvalue weighted by atomic mass is 127. The third kappa shape index (κ3) is 2.51. The summed E-state index contributed by atoms with van der Waals surface area (Å²) in [6.07, 6.45) is 5.53. The number of halogens is 1. The Bertz CT molecular complexity index is 862. The number of non-ortho nitro benzene ring substituents is 1. The van der Waals surface area contributed by atoms with E-state index in [1.54, 1.807) is 18.2 Å². The number of fused-ring (bicyclic) bond motifs is 3. The van der Waals surface area contributed by atoms with Crippen molar-refractivity contribution in [3.05, 3.63) is 78.9 Å². The maximum atomic E-state index is 11.1. The lowest BCUT2D eigenvalue weighted by Crippen LogP contribution is -2.29. The van der Waals surface area contributed by atoms with Crippen molar-refractivity contribution in [2.75, 3.05) is 5.32 Å². The molecule has 1 aliphatic heterocycles. The van der Waals surface area contributed by atoms with Crippen LogP contribution in [0.3, 0.4) is 0 Å². The van der Waals surface area contributed by atoms with Crippen molar-refractivity contribution in [1.29, 1.82) is 0 Å². The molecule has 0 bridgehead atoms. The number of anilines is 1. The molecule has 0 saturated heterocycles. The van der Waals surface area contributed by atoms with Crippen LogP contribution in [0, 0.1) is 26.5 Å². The molecule has 0 unspecified atom stereocenters. The number of benzene rings is 2. The fourth-order valence-corrected chi connectivity index (χ4v) is 4.81. The van der Waals surface area contributed by atoms with Gasteiger partial charge in [-0.3, -0.25) is 10.1 Å². The summed E-state index contributed by atoms with van der Waals surface area (Å²) >= 11 is 2.37. The van der Waals surface area contributed by atoms with E-state index in [4.69, 9.17) is 0 Å². The smallest absolute Gasteiger partial charge is 0.269 e. The molecule has 4 rings (SSSR count). The summed E-state index contributed by atoms with van der Waals surface area (Å²) in [5.74, 6) is 0.774. The second-order valence-electron chi connectivity index (χ2n) is 6.51. The Morgan fingerprint density at radius 3 is 2.92 bits per heavy atom. The number of rotatable bonds is 2. The summed E-state index contributed by atoms with van der Waals surface area (Å²) in [5.41, 5.74) is 4.90. The van der Waals surface area contributed by atoms with Crippen molar-refractivity contribution in [3.8, 4) is 0 Å². The van der Waals surface area contributed by atoms with E-state index in [-0.39, 0.29) is 16.7 Å². The third-order valence-electron chi connectivity index (χ3n) is 5.07. The van der Waals surface area contributed by atoms with Crippen LogP contribution in [-0.2, 0) is 0 Å². The van der Waals surface area contributed by atoms with E-state index in [1.165, 1.54) is 20.4 Å². The fourth-order valence-electron chi connectivity index (χ4n) is 4.00. The largest absolute Gasteiger partial charge is 0.377 e. The Morgan fingerprint density at radius 1 is 1.29 bits per heavy atom. The molecule has 24 heavy (non-hydrogen) atoms. The highest BCUT2D eigenvalue weighted by molar-refractivity contribution is 14.1. The normalized spacial score (nSPS) is 24.2. The van der Waals surface area contributed by atoms with Gasteiger partial charge in [-0.1, -0.05) is 24.3 Å². The standard InChI is InChI=1S/C19H17IN2O2/c1-11-8-13(20)10-17-15-6-3-7-16(15)19(21-18(11)17)12-4-2-5-14(9-12)22(23)24/h2-6,8-10,15-16,19,21H,7H2,1H3/t15-,16+,19-/m1/s1. The summed E-state index contributed by atoms with van der Waals surface area (Å²) < 4.78 is 1.25. The number of hydrogen-bond donors (Lipinski definition) is 1. The lowest BCUT2D eigenvalue weighted by Gasteiger charge is -2.38. The van der Waals surface area contributed by atoms with Crippen molar-refractivity contribution >= 4 is 34.0 Å². The molecule has 4 nitrogen and oxygen atoms in total. The van der Waals surface area contributed by atoms with E-state index in [2.05, 4.69) is 59.1 Å². The second-order valence-corrected chi connectivity index (χ2v) is 7.76. The van der Waals surface area contributed by atoms with Crippen molar-refractivity contribution in [1.82, 2.24) is 0 Å². The highest BCUT2D eigenvalue weighted by Gasteiger charge is 2.38. The number of aryl methyl sites for hydroxylation is 1. The van der Waals surface area contributed by atoms with Gasteiger partial charge in [-0.05, 0) is 70.7 Å². The Hall–Kier alpha value is -1.89. The minimum absolute atomic E-state index is 0.0937. The average Bonchev–Trinajstić information content (AvgIpc) is 3.04. The molecule has 3 atom stereocenters. The van der Waals surface area contributed by atoms with Gasteiger partial charge in [-0.2, -0.15) is 0 Å². The SMILES string of the molecule is Cc1cc(I)cc2c1N[C@H](c1cccc([N+](=O)[O-])c1)[C@H]1CC=C[C@@H]21. The zero-order valence-electron chi connectivity index (χ0n) is 13.2. The number of nitrogens with one attached hydrogen (secondary N) is 1. The van der Waals surface area contributed by atoms with Crippen LogP contribution in [0.4, 0.5) is 11.4 Å². The van der Waals surface area contributed by atoms with Crippen LogP contribution in [0.1, 0.15) is 35.1 Å². The summed E-state index contributed by atoms with van der Waals surface area (Å²) in [4.78, 5) is 10.8. The van der Waals surface area contributed by atoms with E-state index in [9.17, 15) is 10.1 Å². The van der Waals surface area contributed by atoms with E-state index in [0.29, 0.717) is 11.8 Å². The molecule has 5 heteroatoms. The van der Waals surface area contributed by atoms with Gasteiger partial charge < -0.3 is 5.32 Å². The Labute approximate surface area is 154 Å². The summed E-state index contributed by atoms with van der Waals surface area (Å²) in [5, 5.41) is 14.8. The number of allylic oxidation sites excluding steroid dienone is 2. The first-order valence-corrected chi connectivity index (χ1v) is 9.10. The fraction of sp³-hybridized carbons (Fsp3) is 0.263. The van der Waals surface area contributed by atoms with Crippen LogP contribution >= 0.6 is 22.6 Å². The van der Waals surface area contributed by atoms with Gasteiger partial charge in [0.05, 0.1) is 11.0 Å². The Balaban J connectivity index is 1.81. The van der Waals surface area contributed by atoms with Crippen LogP contribution in [0.5, 0.6) is 0 Å². The number of nitro benzene ring substituents is 1. The van der Waals surface area contributed by atoms with Crippen LogP contribution in [0.2, 0.25) is 0 Å². The summed E-state index contributed by atoms with van der Waals surface area (Å²) in [6, 6.07) is 11.6. The van der Waals surface area contributed by atoms with Crippen molar-refractivity contribution in [3.63, 3.8) is 0 Å². The molecule has 2 aromatic rings. The van der Waals surface area contributed by atoms with Gasteiger partial charge in [0, 0.05) is 27.3 Å². The van der Waals surface area contributed by atoms with E-state index in [0.717, 1.165) is 12.0 Å². The first-order chi connectivity index (χ1) is 11.5. The van der Waals surface area contributed by atoms with E-state index < -0.39 is 0 Å². The molecule has 0 radical (unpaired) electrons. The Kier molecular flexibility index (Phi) is 3.83. The summed E-state index contributed by atoms with van der Waals surface area (Å²) in [7, 11) is 0. The van der Waals surface area contributed by atoms with Crippen LogP contribution in [-0.4, -0.2) is 4.92 Å². The predicted octanol–water partition coefficient (Wildman–Crippen LogP) is 5.33. The minimum atomic E-state index is -0.321. The molecule has 2 aromatic carbocycles. The number of nitrogens with zero attached hydrogens (tertiary/aromatic N) is 1. The van der Waals surface area contributed by atoms with Gasteiger partial charge in [0.25, 0.3) is 5.69 Å². The highest BCUT2D eigenvalue weighted by Crippen LogP contribution is 2.51. The molecule has 2 aliphatic rings. The molecule has 0 aromatic heterocycles. The second kappa shape index (κ2) is 5.88. The van der Waals surface area contributed by atoms with Crippen LogP contribution in [0.25, 0.3) is 0 Å². The van der Waals surface area contributed by atoms with Gasteiger partial charge in [-0.25, -0.2) is 0 Å². The molecule has 1 N–H and O–H groups in total. The zero-order chi connectivity index (χ0) is 16.8. The van der Waals surface area contributed by atoms with Crippen LogP contribution in [0.15, 0.2) is 48.6 Å². The molecule has 1 aliphatic carbocycles.